The number of halogens is 2. The van der Waals surface area contributed by atoms with Crippen molar-refractivity contribution in [3.05, 3.63) is 0 Å². The van der Waals surface area contributed by atoms with Gasteiger partial charge in [0.1, 0.15) is 0 Å². The Balaban J connectivity index is -0.0000000931. The summed E-state index contributed by atoms with van der Waals surface area (Å²) in [6, 6.07) is 0.727. The van der Waals surface area contributed by atoms with Gasteiger partial charge >= 0.3 is 0 Å². The molecule has 0 aliphatic rings. The molecule has 2 unspecified atom stereocenters. The van der Waals surface area contributed by atoms with Gasteiger partial charge in [0.2, 0.25) is 0 Å². The van der Waals surface area contributed by atoms with E-state index in [2.05, 4.69) is 323 Å². The summed E-state index contributed by atoms with van der Waals surface area (Å²) in [4.78, 5) is 21.7. The van der Waals surface area contributed by atoms with Gasteiger partial charge in [-0.3, -0.25) is 0 Å². The molecule has 2 atom stereocenters. The lowest BCUT2D eigenvalue weighted by Gasteiger charge is -2.36. The normalized spacial score (nSPS) is 12.3. The van der Waals surface area contributed by atoms with Crippen molar-refractivity contribution < 1.29 is 8.78 Å². The van der Waals surface area contributed by atoms with Crippen molar-refractivity contribution in [2.45, 2.75) is 300 Å². The fraction of sp³-hybridized carbons (Fsp3) is 1.00. The number of rotatable bonds is 39. The summed E-state index contributed by atoms with van der Waals surface area (Å²) in [5, 5.41) is 0. The van der Waals surface area contributed by atoms with Crippen molar-refractivity contribution >= 4 is 0 Å². The molecule has 0 radical (unpaired) electrons. The molecule has 0 rings (SSSR count). The molecular formula is C84H198F2N10. The summed E-state index contributed by atoms with van der Waals surface area (Å²) >= 11 is 0. The Morgan fingerprint density at radius 3 is 0.771 bits per heavy atom. The minimum atomic E-state index is -2.53. The molecule has 0 saturated carbocycles. The van der Waals surface area contributed by atoms with Gasteiger partial charge in [-0.1, -0.05) is 211 Å². The van der Waals surface area contributed by atoms with E-state index >= 15 is 0 Å². The molecule has 0 aromatic carbocycles. The third kappa shape index (κ3) is 137. The molecule has 0 amide bonds. The van der Waals surface area contributed by atoms with E-state index in [1.54, 1.807) is 14.1 Å². The van der Waals surface area contributed by atoms with Gasteiger partial charge in [-0.2, -0.15) is 0 Å². The first-order valence-corrected chi connectivity index (χ1v) is 38.9. The molecular weight excluding hydrogens is 1190 g/mol. The molecule has 0 spiro atoms. The highest BCUT2D eigenvalue weighted by Crippen LogP contribution is 2.24. The first-order valence-electron chi connectivity index (χ1n) is 38.9. The van der Waals surface area contributed by atoms with Crippen LogP contribution in [-0.2, 0) is 0 Å². The molecule has 0 aromatic heterocycles. The van der Waals surface area contributed by atoms with Crippen LogP contribution >= 0.6 is 0 Å². The van der Waals surface area contributed by atoms with Crippen molar-refractivity contribution in [1.29, 1.82) is 0 Å². The lowest BCUT2D eigenvalue weighted by Crippen LogP contribution is -2.42. The number of nitrogens with zero attached hydrogens (tertiary/aromatic N) is 10. The quantitative estimate of drug-likeness (QED) is 0.0555. The summed E-state index contributed by atoms with van der Waals surface area (Å²) in [7, 11) is 41.6. The van der Waals surface area contributed by atoms with Crippen molar-refractivity contribution in [2.24, 2.45) is 65.1 Å². The average molecular weight is 1390 g/mol. The highest BCUT2D eigenvalue weighted by Gasteiger charge is 2.30. The molecule has 598 valence electrons. The molecule has 96 heavy (non-hydrogen) atoms. The number of hydrogen-bond acceptors (Lipinski definition) is 10. The molecule has 10 nitrogen and oxygen atoms in total. The van der Waals surface area contributed by atoms with E-state index in [1.165, 1.54) is 153 Å². The average Bonchev–Trinajstić information content (AvgIpc) is 2.94. The smallest absolute Gasteiger partial charge is 0.260 e. The lowest BCUT2D eigenvalue weighted by atomic mass is 9.90. The van der Waals surface area contributed by atoms with Gasteiger partial charge in [0.15, 0.2) is 0 Å². The topological polar surface area (TPSA) is 32.4 Å². The van der Waals surface area contributed by atoms with E-state index in [1.807, 2.05) is 13.8 Å². The molecule has 0 aliphatic heterocycles. The standard InChI is InChI=1S/C11H25N.C10H23N.C9H21N.C8H17F2N.4C8H19N.C7H17N.C6H15N.CH4/c1-11(2)9-7-5-6-8-10-12(3)4;1-10(2)8-6-5-7-9-11(3)4;1-9(2)7-5-6-8-10(3)4;1-7(2)5-8(9,10)6-11(3)4;1-7(2)8(3)6-9(4)5;1-7(2)8(3,4)9(5)6;1-7(2)6-8(3)9(4)5;1-8(2)6-5-7-9(3)4;1-7(2)5-6-8(3)4;1-6(2)5-7(3)4;/h11H,5-10H2,1-4H3;10H,5-9H2,1-4H3;9H,5-8H2,1-4H3;7H,5-6H2,1-4H3;7-8H,6H2,1-5H3;7H,1-6H3;7-8H,6H2,1-5H3;8H,5-7H2,1-4H3;7H,5-6H2,1-4H3;6H,5H2,1-4H3;1H4. The molecule has 0 bridgehead atoms. The Hall–Kier alpha value is -0.540. The van der Waals surface area contributed by atoms with Crippen LogP contribution in [-0.4, -0.2) is 260 Å². The fourth-order valence-electron chi connectivity index (χ4n) is 8.86. The zero-order chi connectivity index (χ0) is 77.4. The van der Waals surface area contributed by atoms with Crippen LogP contribution in [0.4, 0.5) is 8.78 Å². The number of alkyl halides is 2. The van der Waals surface area contributed by atoms with Crippen LogP contribution in [0.3, 0.4) is 0 Å². The maximum Gasteiger partial charge on any atom is 0.260 e. The van der Waals surface area contributed by atoms with Crippen molar-refractivity contribution in [3.63, 3.8) is 0 Å². The predicted molar refractivity (Wildman–Crippen MR) is 447 cm³/mol. The van der Waals surface area contributed by atoms with E-state index in [4.69, 9.17) is 0 Å². The van der Waals surface area contributed by atoms with Crippen LogP contribution in [0.5, 0.6) is 0 Å². The molecule has 0 N–H and O–H groups in total. The SMILES string of the molecule is C.CC(C)C(C)(C)N(C)C.CC(C)C(C)CN(C)C.CC(C)CC(C)N(C)C.CC(C)CC(F)(F)CN(C)C.CC(C)CCCCCCN(C)C.CC(C)CCCCCN(C)C.CC(C)CCCCN(C)C.CC(C)CCCN(C)C.CC(C)CCN(C)C.CC(C)CN(C)C. The summed E-state index contributed by atoms with van der Waals surface area (Å²) in [6.07, 6.45) is 22.0. The second kappa shape index (κ2) is 78.6. The lowest BCUT2D eigenvalue weighted by molar-refractivity contribution is -0.0387. The molecule has 12 heteroatoms. The van der Waals surface area contributed by atoms with E-state index in [0.29, 0.717) is 11.5 Å². The van der Waals surface area contributed by atoms with Gasteiger partial charge < -0.3 is 49.0 Å². The Kier molecular flexibility index (Phi) is 97.8. The second-order valence-electron chi connectivity index (χ2n) is 35.4. The van der Waals surface area contributed by atoms with Gasteiger partial charge in [-0.05, 0) is 311 Å². The molecule has 0 aliphatic carbocycles. The first kappa shape index (κ1) is 119. The fourth-order valence-corrected chi connectivity index (χ4v) is 8.86. The Labute approximate surface area is 613 Å². The van der Waals surface area contributed by atoms with E-state index in [0.717, 1.165) is 59.3 Å². The van der Waals surface area contributed by atoms with E-state index in [9.17, 15) is 8.78 Å². The van der Waals surface area contributed by atoms with Crippen LogP contribution in [0.2, 0.25) is 0 Å². The van der Waals surface area contributed by atoms with Crippen molar-refractivity contribution in [1.82, 2.24) is 49.0 Å². The van der Waals surface area contributed by atoms with Crippen LogP contribution in [0.15, 0.2) is 0 Å². The zero-order valence-electron chi connectivity index (χ0n) is 74.8. The van der Waals surface area contributed by atoms with Gasteiger partial charge in [-0.25, -0.2) is 8.78 Å². The zero-order valence-corrected chi connectivity index (χ0v) is 74.8. The van der Waals surface area contributed by atoms with Gasteiger partial charge in [0.05, 0.1) is 6.54 Å². The van der Waals surface area contributed by atoms with E-state index < -0.39 is 5.92 Å². The van der Waals surface area contributed by atoms with Crippen LogP contribution < -0.4 is 0 Å². The van der Waals surface area contributed by atoms with Gasteiger partial charge in [0.25, 0.3) is 5.92 Å². The minimum absolute atomic E-state index is 0. The summed E-state index contributed by atoms with van der Waals surface area (Å²) in [5.74, 6) is 5.86. The van der Waals surface area contributed by atoms with Gasteiger partial charge in [-0.15, -0.1) is 0 Å². The molecule has 0 aromatic rings. The number of hydrogen-bond donors (Lipinski definition) is 0. The molecule has 0 saturated heterocycles. The van der Waals surface area contributed by atoms with Crippen molar-refractivity contribution in [2.75, 3.05) is 193 Å². The molecule has 0 heterocycles. The summed E-state index contributed by atoms with van der Waals surface area (Å²) in [6.45, 7) is 62.0. The largest absolute Gasteiger partial charge is 0.309 e. The van der Waals surface area contributed by atoms with Crippen LogP contribution in [0.25, 0.3) is 0 Å². The summed E-state index contributed by atoms with van der Waals surface area (Å²) < 4.78 is 25.8. The summed E-state index contributed by atoms with van der Waals surface area (Å²) in [5.41, 5.74) is 0.333. The molecule has 0 fully saturated rings. The van der Waals surface area contributed by atoms with Crippen LogP contribution in [0.1, 0.15) is 283 Å². The Bertz CT molecular complexity index is 1290. The maximum atomic E-state index is 12.9. The van der Waals surface area contributed by atoms with Crippen molar-refractivity contribution in [3.8, 4) is 0 Å². The van der Waals surface area contributed by atoms with E-state index in [-0.39, 0.29) is 26.3 Å². The third-order valence-electron chi connectivity index (χ3n) is 16.2. The van der Waals surface area contributed by atoms with Crippen LogP contribution in [0, 0.1) is 65.1 Å². The second-order valence-corrected chi connectivity index (χ2v) is 35.4. The maximum absolute atomic E-state index is 12.9. The highest BCUT2D eigenvalue weighted by atomic mass is 19.3. The third-order valence-corrected chi connectivity index (χ3v) is 16.2. The minimum Gasteiger partial charge on any atom is -0.309 e. The highest BCUT2D eigenvalue weighted by molar-refractivity contribution is 4.80. The Morgan fingerprint density at radius 2 is 0.583 bits per heavy atom. The monoisotopic (exact) mass is 1390 g/mol. The first-order chi connectivity index (χ1) is 43.0. The predicted octanol–water partition coefficient (Wildman–Crippen LogP) is 21.7. The Morgan fingerprint density at radius 1 is 0.292 bits per heavy atom. The van der Waals surface area contributed by atoms with Gasteiger partial charge in [0, 0.05) is 24.5 Å². The number of unbranched alkanes of at least 4 members (excludes halogenated alkanes) is 6.